The average molecular weight is 198 g/mol. The molecule has 0 saturated heterocycles. The standard InChI is InChI=1S/C10H18N2O2/c1-7-8(13-5)9(14-6)11-12(7)10(2,3)4/h1-6H3. The van der Waals surface area contributed by atoms with Crippen LogP contribution in [0.4, 0.5) is 0 Å². The van der Waals surface area contributed by atoms with Crippen molar-refractivity contribution in [2.45, 2.75) is 33.2 Å². The Morgan fingerprint density at radius 3 is 2.00 bits per heavy atom. The zero-order valence-corrected chi connectivity index (χ0v) is 9.71. The molecule has 4 heteroatoms. The second kappa shape index (κ2) is 3.52. The van der Waals surface area contributed by atoms with Crippen molar-refractivity contribution >= 4 is 0 Å². The quantitative estimate of drug-likeness (QED) is 0.729. The third-order valence-corrected chi connectivity index (χ3v) is 2.06. The fourth-order valence-corrected chi connectivity index (χ4v) is 1.48. The number of nitrogens with zero attached hydrogens (tertiary/aromatic N) is 2. The van der Waals surface area contributed by atoms with Crippen molar-refractivity contribution in [3.05, 3.63) is 5.69 Å². The SMILES string of the molecule is COc1nn(C(C)(C)C)c(C)c1OC. The van der Waals surface area contributed by atoms with E-state index in [4.69, 9.17) is 9.47 Å². The number of hydrogen-bond donors (Lipinski definition) is 0. The number of aromatic nitrogens is 2. The summed E-state index contributed by atoms with van der Waals surface area (Å²) in [5, 5.41) is 4.34. The number of methoxy groups -OCH3 is 2. The highest BCUT2D eigenvalue weighted by Crippen LogP contribution is 2.32. The molecule has 0 fully saturated rings. The van der Waals surface area contributed by atoms with Crippen LogP contribution in [0.5, 0.6) is 11.6 Å². The lowest BCUT2D eigenvalue weighted by molar-refractivity contribution is 0.323. The Labute approximate surface area is 84.8 Å². The van der Waals surface area contributed by atoms with Gasteiger partial charge in [-0.3, -0.25) is 4.68 Å². The van der Waals surface area contributed by atoms with E-state index in [0.717, 1.165) is 5.69 Å². The first-order valence-electron chi connectivity index (χ1n) is 4.60. The van der Waals surface area contributed by atoms with E-state index in [9.17, 15) is 0 Å². The van der Waals surface area contributed by atoms with Crippen molar-refractivity contribution in [3.8, 4) is 11.6 Å². The predicted molar refractivity (Wildman–Crippen MR) is 55.1 cm³/mol. The minimum atomic E-state index is -0.0614. The highest BCUT2D eigenvalue weighted by molar-refractivity contribution is 5.38. The van der Waals surface area contributed by atoms with Gasteiger partial charge >= 0.3 is 0 Å². The van der Waals surface area contributed by atoms with Gasteiger partial charge in [0, 0.05) is 0 Å². The zero-order chi connectivity index (χ0) is 10.9. The van der Waals surface area contributed by atoms with Gasteiger partial charge in [0.15, 0.2) is 0 Å². The third-order valence-electron chi connectivity index (χ3n) is 2.06. The summed E-state index contributed by atoms with van der Waals surface area (Å²) in [7, 11) is 3.22. The van der Waals surface area contributed by atoms with Crippen molar-refractivity contribution in [3.63, 3.8) is 0 Å². The molecule has 0 aromatic carbocycles. The maximum absolute atomic E-state index is 5.23. The van der Waals surface area contributed by atoms with Crippen LogP contribution in [0.15, 0.2) is 0 Å². The van der Waals surface area contributed by atoms with Gasteiger partial charge in [0.05, 0.1) is 25.5 Å². The van der Waals surface area contributed by atoms with Crippen LogP contribution in [0.2, 0.25) is 0 Å². The molecule has 1 rings (SSSR count). The van der Waals surface area contributed by atoms with Gasteiger partial charge in [0.2, 0.25) is 5.75 Å². The summed E-state index contributed by atoms with van der Waals surface area (Å²) >= 11 is 0. The van der Waals surface area contributed by atoms with Gasteiger partial charge in [-0.25, -0.2) is 0 Å². The second-order valence-electron chi connectivity index (χ2n) is 4.21. The molecule has 1 aromatic heterocycles. The number of ether oxygens (including phenoxy) is 2. The summed E-state index contributed by atoms with van der Waals surface area (Å²) in [5.41, 5.74) is 0.922. The van der Waals surface area contributed by atoms with Crippen LogP contribution in [-0.2, 0) is 5.54 Å². The Balaban J connectivity index is 3.28. The first-order chi connectivity index (χ1) is 6.41. The molecule has 80 valence electrons. The average Bonchev–Trinajstić information content (AvgIpc) is 2.40. The zero-order valence-electron chi connectivity index (χ0n) is 9.71. The molecular formula is C10H18N2O2. The molecule has 1 heterocycles. The van der Waals surface area contributed by atoms with Gasteiger partial charge in [0.1, 0.15) is 0 Å². The van der Waals surface area contributed by atoms with Crippen LogP contribution in [0.25, 0.3) is 0 Å². The first kappa shape index (κ1) is 10.9. The third kappa shape index (κ3) is 1.69. The van der Waals surface area contributed by atoms with Gasteiger partial charge < -0.3 is 9.47 Å². The van der Waals surface area contributed by atoms with Gasteiger partial charge in [-0.2, -0.15) is 0 Å². The molecule has 0 saturated carbocycles. The van der Waals surface area contributed by atoms with E-state index in [1.54, 1.807) is 14.2 Å². The Morgan fingerprint density at radius 1 is 1.14 bits per heavy atom. The van der Waals surface area contributed by atoms with Crippen molar-refractivity contribution in [2.24, 2.45) is 0 Å². The van der Waals surface area contributed by atoms with Crippen LogP contribution in [0.1, 0.15) is 26.5 Å². The molecule has 0 amide bonds. The minimum Gasteiger partial charge on any atom is -0.490 e. The highest BCUT2D eigenvalue weighted by Gasteiger charge is 2.23. The van der Waals surface area contributed by atoms with Crippen molar-refractivity contribution in [1.82, 2.24) is 9.78 Å². The molecule has 14 heavy (non-hydrogen) atoms. The summed E-state index contributed by atoms with van der Waals surface area (Å²) in [6.45, 7) is 8.24. The molecular weight excluding hydrogens is 180 g/mol. The molecule has 0 atom stereocenters. The van der Waals surface area contributed by atoms with E-state index in [2.05, 4.69) is 25.9 Å². The molecule has 1 aromatic rings. The Hall–Kier alpha value is -1.19. The molecule has 0 N–H and O–H groups in total. The molecule has 0 aliphatic rings. The smallest absolute Gasteiger partial charge is 0.275 e. The summed E-state index contributed by atoms with van der Waals surface area (Å²) in [6.07, 6.45) is 0. The van der Waals surface area contributed by atoms with Crippen LogP contribution < -0.4 is 9.47 Å². The summed E-state index contributed by atoms with van der Waals surface area (Å²) < 4.78 is 12.3. The first-order valence-corrected chi connectivity index (χ1v) is 4.60. The molecule has 0 aliphatic heterocycles. The molecule has 0 radical (unpaired) electrons. The molecule has 4 nitrogen and oxygen atoms in total. The maximum atomic E-state index is 5.23. The Kier molecular flexibility index (Phi) is 2.73. The number of rotatable bonds is 2. The van der Waals surface area contributed by atoms with E-state index in [0.29, 0.717) is 11.6 Å². The van der Waals surface area contributed by atoms with Crippen LogP contribution in [-0.4, -0.2) is 24.0 Å². The summed E-state index contributed by atoms with van der Waals surface area (Å²) in [5.74, 6) is 1.25. The Morgan fingerprint density at radius 2 is 1.71 bits per heavy atom. The van der Waals surface area contributed by atoms with Gasteiger partial charge in [-0.05, 0) is 27.7 Å². The number of hydrogen-bond acceptors (Lipinski definition) is 3. The normalized spacial score (nSPS) is 11.6. The monoisotopic (exact) mass is 198 g/mol. The molecule has 0 unspecified atom stereocenters. The lowest BCUT2D eigenvalue weighted by Crippen LogP contribution is -2.24. The van der Waals surface area contributed by atoms with Gasteiger partial charge in [0.25, 0.3) is 5.88 Å². The van der Waals surface area contributed by atoms with Crippen molar-refractivity contribution < 1.29 is 9.47 Å². The van der Waals surface area contributed by atoms with Gasteiger partial charge in [-0.15, -0.1) is 5.10 Å². The predicted octanol–water partition coefficient (Wildman–Crippen LogP) is 1.96. The van der Waals surface area contributed by atoms with Crippen LogP contribution in [0, 0.1) is 6.92 Å². The fourth-order valence-electron chi connectivity index (χ4n) is 1.48. The summed E-state index contributed by atoms with van der Waals surface area (Å²) in [4.78, 5) is 0. The molecule has 0 bridgehead atoms. The topological polar surface area (TPSA) is 36.3 Å². The maximum Gasteiger partial charge on any atom is 0.275 e. The minimum absolute atomic E-state index is 0.0614. The lowest BCUT2D eigenvalue weighted by Gasteiger charge is -2.20. The lowest BCUT2D eigenvalue weighted by atomic mass is 10.1. The second-order valence-corrected chi connectivity index (χ2v) is 4.21. The fraction of sp³-hybridized carbons (Fsp3) is 0.700. The van der Waals surface area contributed by atoms with E-state index in [1.807, 2.05) is 11.6 Å². The van der Waals surface area contributed by atoms with Gasteiger partial charge in [-0.1, -0.05) is 0 Å². The van der Waals surface area contributed by atoms with E-state index in [1.165, 1.54) is 0 Å². The van der Waals surface area contributed by atoms with Crippen LogP contribution in [0.3, 0.4) is 0 Å². The highest BCUT2D eigenvalue weighted by atomic mass is 16.5. The van der Waals surface area contributed by atoms with E-state index < -0.39 is 0 Å². The summed E-state index contributed by atoms with van der Waals surface area (Å²) in [6, 6.07) is 0. The van der Waals surface area contributed by atoms with Crippen LogP contribution >= 0.6 is 0 Å². The largest absolute Gasteiger partial charge is 0.490 e. The van der Waals surface area contributed by atoms with E-state index >= 15 is 0 Å². The van der Waals surface area contributed by atoms with Crippen molar-refractivity contribution in [1.29, 1.82) is 0 Å². The van der Waals surface area contributed by atoms with Crippen molar-refractivity contribution in [2.75, 3.05) is 14.2 Å². The van der Waals surface area contributed by atoms with E-state index in [-0.39, 0.29) is 5.54 Å². The Bertz CT molecular complexity index is 324. The molecule has 0 aliphatic carbocycles. The molecule has 0 spiro atoms.